The van der Waals surface area contributed by atoms with Crippen LogP contribution in [0.4, 0.5) is 0 Å². The van der Waals surface area contributed by atoms with Crippen molar-refractivity contribution in [1.82, 2.24) is 23.1 Å². The molecule has 1 aromatic carbocycles. The molecule has 0 fully saturated rings. The number of aromatic hydroxyl groups is 1. The fourth-order valence-electron chi connectivity index (χ4n) is 3.81. The molecule has 0 bridgehead atoms. The Hall–Kier alpha value is -3.62. The zero-order chi connectivity index (χ0) is 22.4. The van der Waals surface area contributed by atoms with Gasteiger partial charge in [-0.1, -0.05) is 44.2 Å². The summed E-state index contributed by atoms with van der Waals surface area (Å²) >= 11 is 0. The van der Waals surface area contributed by atoms with Gasteiger partial charge in [0.2, 0.25) is 11.7 Å². The minimum absolute atomic E-state index is 0.0599. The SMILES string of the molecule is CC(C)CCc1c(O)n2c3c(=O)n(C)c(=O)n(C)c3nc2n(Cc2ccccc2)c1=O. The summed E-state index contributed by atoms with van der Waals surface area (Å²) in [4.78, 5) is 43.2. The maximum Gasteiger partial charge on any atom is 0.332 e. The molecule has 31 heavy (non-hydrogen) atoms. The van der Waals surface area contributed by atoms with E-state index in [4.69, 9.17) is 0 Å². The van der Waals surface area contributed by atoms with E-state index in [9.17, 15) is 19.5 Å². The third kappa shape index (κ3) is 3.26. The molecule has 9 nitrogen and oxygen atoms in total. The maximum absolute atomic E-state index is 13.4. The summed E-state index contributed by atoms with van der Waals surface area (Å²) in [7, 11) is 2.88. The molecular formula is C22H25N5O4. The fourth-order valence-corrected chi connectivity index (χ4v) is 3.81. The van der Waals surface area contributed by atoms with Gasteiger partial charge in [0.05, 0.1) is 12.1 Å². The van der Waals surface area contributed by atoms with Crippen molar-refractivity contribution < 1.29 is 5.11 Å². The van der Waals surface area contributed by atoms with Crippen LogP contribution in [0.15, 0.2) is 44.7 Å². The van der Waals surface area contributed by atoms with Gasteiger partial charge in [0, 0.05) is 14.1 Å². The van der Waals surface area contributed by atoms with Gasteiger partial charge in [-0.25, -0.2) is 9.20 Å². The Balaban J connectivity index is 2.15. The maximum atomic E-state index is 13.4. The van der Waals surface area contributed by atoms with Crippen molar-refractivity contribution in [2.45, 2.75) is 33.2 Å². The van der Waals surface area contributed by atoms with Gasteiger partial charge in [0.15, 0.2) is 11.2 Å². The van der Waals surface area contributed by atoms with E-state index in [-0.39, 0.29) is 40.5 Å². The van der Waals surface area contributed by atoms with E-state index in [0.717, 1.165) is 10.1 Å². The molecule has 0 saturated heterocycles. The zero-order valence-electron chi connectivity index (χ0n) is 18.0. The van der Waals surface area contributed by atoms with Gasteiger partial charge in [-0.2, -0.15) is 4.98 Å². The van der Waals surface area contributed by atoms with Crippen LogP contribution >= 0.6 is 0 Å². The summed E-state index contributed by atoms with van der Waals surface area (Å²) in [5.41, 5.74) is -0.187. The van der Waals surface area contributed by atoms with E-state index in [1.165, 1.54) is 27.6 Å². The Morgan fingerprint density at radius 1 is 1.00 bits per heavy atom. The van der Waals surface area contributed by atoms with Crippen LogP contribution in [0.5, 0.6) is 5.88 Å². The molecule has 0 atom stereocenters. The third-order valence-corrected chi connectivity index (χ3v) is 5.62. The number of imidazole rings is 1. The molecule has 0 amide bonds. The van der Waals surface area contributed by atoms with Crippen molar-refractivity contribution in [3.05, 3.63) is 72.7 Å². The van der Waals surface area contributed by atoms with Crippen molar-refractivity contribution in [3.8, 4) is 5.88 Å². The molecule has 0 unspecified atom stereocenters. The van der Waals surface area contributed by atoms with Crippen molar-refractivity contribution in [3.63, 3.8) is 0 Å². The van der Waals surface area contributed by atoms with E-state index >= 15 is 0 Å². The smallest absolute Gasteiger partial charge is 0.332 e. The fraction of sp³-hybridized carbons (Fsp3) is 0.364. The van der Waals surface area contributed by atoms with E-state index in [0.29, 0.717) is 18.8 Å². The normalized spacial score (nSPS) is 11.8. The number of hydrogen-bond donors (Lipinski definition) is 1. The van der Waals surface area contributed by atoms with Crippen LogP contribution in [0.1, 0.15) is 31.4 Å². The highest BCUT2D eigenvalue weighted by Gasteiger charge is 2.24. The molecule has 4 rings (SSSR count). The van der Waals surface area contributed by atoms with Gasteiger partial charge < -0.3 is 5.11 Å². The van der Waals surface area contributed by atoms with Crippen molar-refractivity contribution in [2.75, 3.05) is 0 Å². The average molecular weight is 423 g/mol. The number of fused-ring (bicyclic) bond motifs is 3. The van der Waals surface area contributed by atoms with Gasteiger partial charge in [-0.15, -0.1) is 0 Å². The monoisotopic (exact) mass is 423 g/mol. The Labute approximate surface area is 177 Å². The lowest BCUT2D eigenvalue weighted by atomic mass is 10.0. The summed E-state index contributed by atoms with van der Waals surface area (Å²) in [6.45, 7) is 4.29. The highest BCUT2D eigenvalue weighted by atomic mass is 16.3. The Bertz CT molecular complexity index is 1470. The summed E-state index contributed by atoms with van der Waals surface area (Å²) < 4.78 is 4.97. The van der Waals surface area contributed by atoms with E-state index in [1.807, 2.05) is 44.2 Å². The minimum Gasteiger partial charge on any atom is -0.494 e. The van der Waals surface area contributed by atoms with E-state index in [2.05, 4.69) is 4.98 Å². The quantitative estimate of drug-likeness (QED) is 0.522. The molecule has 0 aliphatic carbocycles. The highest BCUT2D eigenvalue weighted by Crippen LogP contribution is 2.23. The number of aromatic nitrogens is 5. The Kier molecular flexibility index (Phi) is 5.04. The first-order chi connectivity index (χ1) is 14.7. The molecule has 0 radical (unpaired) electrons. The van der Waals surface area contributed by atoms with Gasteiger partial charge in [-0.3, -0.25) is 23.3 Å². The lowest BCUT2D eigenvalue weighted by Crippen LogP contribution is -2.37. The third-order valence-electron chi connectivity index (χ3n) is 5.62. The topological polar surface area (TPSA) is 104 Å². The molecule has 0 spiro atoms. The molecule has 1 N–H and O–H groups in total. The second-order valence-electron chi connectivity index (χ2n) is 8.24. The summed E-state index contributed by atoms with van der Waals surface area (Å²) in [5, 5.41) is 11.1. The van der Waals surface area contributed by atoms with Crippen LogP contribution in [-0.2, 0) is 27.1 Å². The van der Waals surface area contributed by atoms with Crippen LogP contribution < -0.4 is 16.8 Å². The number of aryl methyl sites for hydroxylation is 1. The number of nitrogens with zero attached hydrogens (tertiary/aromatic N) is 5. The lowest BCUT2D eigenvalue weighted by Gasteiger charge is -2.14. The van der Waals surface area contributed by atoms with Crippen molar-refractivity contribution in [1.29, 1.82) is 0 Å². The average Bonchev–Trinajstić information content (AvgIpc) is 3.15. The van der Waals surface area contributed by atoms with Gasteiger partial charge in [-0.05, 0) is 24.3 Å². The largest absolute Gasteiger partial charge is 0.494 e. The predicted octanol–water partition coefficient (Wildman–Crippen LogP) is 1.39. The second-order valence-corrected chi connectivity index (χ2v) is 8.24. The van der Waals surface area contributed by atoms with Gasteiger partial charge >= 0.3 is 5.69 Å². The first kappa shape index (κ1) is 20.6. The van der Waals surface area contributed by atoms with Crippen LogP contribution in [0.3, 0.4) is 0 Å². The molecule has 4 aromatic rings. The first-order valence-corrected chi connectivity index (χ1v) is 10.2. The molecule has 0 aliphatic rings. The van der Waals surface area contributed by atoms with Crippen LogP contribution in [0, 0.1) is 5.92 Å². The summed E-state index contributed by atoms with van der Waals surface area (Å²) in [6, 6.07) is 9.41. The Morgan fingerprint density at radius 2 is 1.68 bits per heavy atom. The van der Waals surface area contributed by atoms with Crippen molar-refractivity contribution >= 4 is 16.9 Å². The second kappa shape index (κ2) is 7.57. The molecule has 9 heteroatoms. The molecular weight excluding hydrogens is 398 g/mol. The van der Waals surface area contributed by atoms with Crippen LogP contribution in [0.2, 0.25) is 0 Å². The summed E-state index contributed by atoms with van der Waals surface area (Å²) in [6.07, 6.45) is 1.06. The number of rotatable bonds is 5. The zero-order valence-corrected chi connectivity index (χ0v) is 18.0. The minimum atomic E-state index is -0.583. The highest BCUT2D eigenvalue weighted by molar-refractivity contribution is 5.76. The standard InChI is InChI=1S/C22H25N5O4/c1-13(2)10-11-15-18(28)26(12-14-8-6-5-7-9-14)21-23-17-16(27(21)19(15)29)20(30)25(4)22(31)24(17)3/h5-9,13,29H,10-12H2,1-4H3. The number of hydrogen-bond acceptors (Lipinski definition) is 5. The molecule has 162 valence electrons. The van der Waals surface area contributed by atoms with Crippen molar-refractivity contribution in [2.24, 2.45) is 20.0 Å². The van der Waals surface area contributed by atoms with E-state index < -0.39 is 11.2 Å². The van der Waals surface area contributed by atoms with E-state index in [1.54, 1.807) is 0 Å². The lowest BCUT2D eigenvalue weighted by molar-refractivity contribution is 0.429. The molecule has 0 saturated carbocycles. The van der Waals surface area contributed by atoms with Gasteiger partial charge in [0.25, 0.3) is 11.1 Å². The summed E-state index contributed by atoms with van der Waals surface area (Å²) in [5.74, 6) is 0.140. The molecule has 0 aliphatic heterocycles. The Morgan fingerprint density at radius 3 is 2.32 bits per heavy atom. The van der Waals surface area contributed by atoms with Crippen LogP contribution in [-0.4, -0.2) is 28.2 Å². The van der Waals surface area contributed by atoms with Gasteiger partial charge in [0.1, 0.15) is 0 Å². The molecule has 3 aromatic heterocycles. The first-order valence-electron chi connectivity index (χ1n) is 10.2. The predicted molar refractivity (Wildman–Crippen MR) is 118 cm³/mol. The van der Waals surface area contributed by atoms with Crippen LogP contribution in [0.25, 0.3) is 16.9 Å². The number of benzene rings is 1. The molecule has 3 heterocycles.